The third kappa shape index (κ3) is 3.63. The molecule has 1 saturated carbocycles. The smallest absolute Gasteiger partial charge is 0.0354 e. The first-order chi connectivity index (χ1) is 6.39. The summed E-state index contributed by atoms with van der Waals surface area (Å²) in [5.74, 6) is 2.58. The highest BCUT2D eigenvalue weighted by Gasteiger charge is 2.29. The van der Waals surface area contributed by atoms with Gasteiger partial charge in [0.1, 0.15) is 0 Å². The Morgan fingerprint density at radius 2 is 1.64 bits per heavy atom. The molecule has 1 rings (SSSR count). The minimum Gasteiger partial charge on any atom is -0.0625 e. The van der Waals surface area contributed by atoms with E-state index in [4.69, 9.17) is 0 Å². The second-order valence-electron chi connectivity index (χ2n) is 6.42. The van der Waals surface area contributed by atoms with Crippen LogP contribution in [0.1, 0.15) is 59.8 Å². The van der Waals surface area contributed by atoms with Crippen LogP contribution in [-0.2, 0) is 0 Å². The Hall–Kier alpha value is 0. The van der Waals surface area contributed by atoms with Crippen molar-refractivity contribution in [3.8, 4) is 0 Å². The number of hydrogen-bond acceptors (Lipinski definition) is 0. The molecule has 1 aliphatic carbocycles. The van der Waals surface area contributed by atoms with Crippen LogP contribution in [-0.4, -0.2) is 0 Å². The van der Waals surface area contributed by atoms with Gasteiger partial charge in [0.25, 0.3) is 0 Å². The zero-order valence-electron chi connectivity index (χ0n) is 10.5. The lowest BCUT2D eigenvalue weighted by molar-refractivity contribution is 0.142. The Bertz CT molecular complexity index is 153. The molecule has 0 aliphatic heterocycles. The molecule has 1 radical (unpaired) electrons. The van der Waals surface area contributed by atoms with Gasteiger partial charge in [0, 0.05) is 0 Å². The van der Waals surface area contributed by atoms with E-state index in [1.807, 2.05) is 0 Å². The molecule has 0 nitrogen and oxygen atoms in total. The van der Waals surface area contributed by atoms with Crippen LogP contribution < -0.4 is 0 Å². The van der Waals surface area contributed by atoms with Crippen molar-refractivity contribution in [3.05, 3.63) is 6.92 Å². The molecule has 0 bridgehead atoms. The largest absolute Gasteiger partial charge is 0.0625 e. The van der Waals surface area contributed by atoms with Gasteiger partial charge in [-0.1, -0.05) is 47.5 Å². The lowest BCUT2D eigenvalue weighted by atomic mass is 9.69. The highest BCUT2D eigenvalue weighted by Crippen LogP contribution is 2.41. The Kier molecular flexibility index (Phi) is 4.04. The van der Waals surface area contributed by atoms with Gasteiger partial charge in [-0.15, -0.1) is 0 Å². The van der Waals surface area contributed by atoms with Gasteiger partial charge in [0.05, 0.1) is 0 Å². The Labute approximate surface area is 90.5 Å². The normalized spacial score (nSPS) is 29.6. The molecule has 0 aromatic rings. The molecular formula is C14H27. The van der Waals surface area contributed by atoms with Gasteiger partial charge in [-0.25, -0.2) is 0 Å². The van der Waals surface area contributed by atoms with Crippen molar-refractivity contribution in [1.29, 1.82) is 0 Å². The van der Waals surface area contributed by atoms with Crippen LogP contribution >= 0.6 is 0 Å². The molecular weight excluding hydrogens is 168 g/mol. The first-order valence-corrected chi connectivity index (χ1v) is 6.22. The molecule has 0 N–H and O–H groups in total. The molecule has 0 amide bonds. The van der Waals surface area contributed by atoms with E-state index in [9.17, 15) is 0 Å². The molecule has 0 saturated heterocycles. The topological polar surface area (TPSA) is 0 Å². The molecule has 0 spiro atoms. The van der Waals surface area contributed by atoms with Crippen molar-refractivity contribution in [3.63, 3.8) is 0 Å². The summed E-state index contributed by atoms with van der Waals surface area (Å²) in [5, 5.41) is 0. The summed E-state index contributed by atoms with van der Waals surface area (Å²) < 4.78 is 0. The van der Waals surface area contributed by atoms with E-state index in [2.05, 4.69) is 34.6 Å². The van der Waals surface area contributed by atoms with Crippen molar-refractivity contribution in [2.24, 2.45) is 23.2 Å². The van der Waals surface area contributed by atoms with Gasteiger partial charge in [0.15, 0.2) is 0 Å². The lowest BCUT2D eigenvalue weighted by Crippen LogP contribution is -2.26. The van der Waals surface area contributed by atoms with E-state index in [-0.39, 0.29) is 0 Å². The summed E-state index contributed by atoms with van der Waals surface area (Å²) >= 11 is 0. The maximum absolute atomic E-state index is 4.10. The molecule has 14 heavy (non-hydrogen) atoms. The molecule has 1 fully saturated rings. The van der Waals surface area contributed by atoms with Crippen LogP contribution in [0.3, 0.4) is 0 Å². The van der Waals surface area contributed by atoms with Gasteiger partial charge in [0.2, 0.25) is 0 Å². The van der Waals surface area contributed by atoms with E-state index in [1.54, 1.807) is 0 Å². The van der Waals surface area contributed by atoms with Crippen LogP contribution in [0.4, 0.5) is 0 Å². The summed E-state index contributed by atoms with van der Waals surface area (Å²) in [7, 11) is 0. The maximum atomic E-state index is 4.10. The molecule has 1 unspecified atom stereocenters. The van der Waals surface area contributed by atoms with Crippen LogP contribution in [0.2, 0.25) is 0 Å². The third-order valence-corrected chi connectivity index (χ3v) is 3.81. The summed E-state index contributed by atoms with van der Waals surface area (Å²) in [6, 6.07) is 0. The van der Waals surface area contributed by atoms with Crippen LogP contribution in [0.15, 0.2) is 0 Å². The standard InChI is InChI=1S/C14H27/c1-11(2)10-12-6-8-13(9-7-12)14(3,4)5/h11-13H,1,6-10H2,2-5H3. The van der Waals surface area contributed by atoms with E-state index in [0.717, 1.165) is 11.8 Å². The predicted molar refractivity (Wildman–Crippen MR) is 64.0 cm³/mol. The monoisotopic (exact) mass is 195 g/mol. The molecule has 0 heteroatoms. The first kappa shape index (κ1) is 12.1. The minimum atomic E-state index is 0.529. The Morgan fingerprint density at radius 1 is 1.14 bits per heavy atom. The third-order valence-electron chi connectivity index (χ3n) is 3.81. The van der Waals surface area contributed by atoms with E-state index in [1.165, 1.54) is 32.1 Å². The minimum absolute atomic E-state index is 0.529. The summed E-state index contributed by atoms with van der Waals surface area (Å²) in [6.45, 7) is 13.5. The van der Waals surface area contributed by atoms with Gasteiger partial charge in [-0.05, 0) is 42.4 Å². The molecule has 1 aliphatic rings. The summed E-state index contributed by atoms with van der Waals surface area (Å²) in [4.78, 5) is 0. The first-order valence-electron chi connectivity index (χ1n) is 6.22. The number of rotatable bonds is 2. The highest BCUT2D eigenvalue weighted by molar-refractivity contribution is 4.81. The van der Waals surface area contributed by atoms with Gasteiger partial charge >= 0.3 is 0 Å². The predicted octanol–water partition coefficient (Wildman–Crippen LogP) is 4.70. The van der Waals surface area contributed by atoms with Crippen molar-refractivity contribution >= 4 is 0 Å². The van der Waals surface area contributed by atoms with E-state index in [0.29, 0.717) is 11.3 Å². The number of hydrogen-bond donors (Lipinski definition) is 0. The van der Waals surface area contributed by atoms with Crippen molar-refractivity contribution < 1.29 is 0 Å². The second-order valence-corrected chi connectivity index (χ2v) is 6.42. The van der Waals surface area contributed by atoms with Gasteiger partial charge in [-0.3, -0.25) is 0 Å². The molecule has 1 atom stereocenters. The quantitative estimate of drug-likeness (QED) is 0.599. The molecule has 0 aromatic heterocycles. The average molecular weight is 195 g/mol. The fourth-order valence-electron chi connectivity index (χ4n) is 2.83. The van der Waals surface area contributed by atoms with Crippen molar-refractivity contribution in [1.82, 2.24) is 0 Å². The fourth-order valence-corrected chi connectivity index (χ4v) is 2.83. The Balaban J connectivity index is 2.31. The van der Waals surface area contributed by atoms with Crippen LogP contribution in [0.25, 0.3) is 0 Å². The zero-order chi connectivity index (χ0) is 10.8. The highest BCUT2D eigenvalue weighted by atomic mass is 14.3. The van der Waals surface area contributed by atoms with E-state index < -0.39 is 0 Å². The summed E-state index contributed by atoms with van der Waals surface area (Å²) in [6.07, 6.45) is 7.13. The molecule has 83 valence electrons. The van der Waals surface area contributed by atoms with E-state index >= 15 is 0 Å². The van der Waals surface area contributed by atoms with Crippen molar-refractivity contribution in [2.75, 3.05) is 0 Å². The van der Waals surface area contributed by atoms with Crippen LogP contribution in [0.5, 0.6) is 0 Å². The molecule has 0 aromatic carbocycles. The second kappa shape index (κ2) is 4.68. The fraction of sp³-hybridized carbons (Fsp3) is 0.929. The average Bonchev–Trinajstić information content (AvgIpc) is 2.02. The zero-order valence-corrected chi connectivity index (χ0v) is 10.5. The van der Waals surface area contributed by atoms with Gasteiger partial charge in [-0.2, -0.15) is 0 Å². The lowest BCUT2D eigenvalue weighted by Gasteiger charge is -2.37. The maximum Gasteiger partial charge on any atom is -0.0354 e. The SMILES string of the molecule is [CH2]C(C)CC1CCC(C(C)(C)C)CC1. The van der Waals surface area contributed by atoms with Crippen molar-refractivity contribution in [2.45, 2.75) is 59.8 Å². The van der Waals surface area contributed by atoms with Gasteiger partial charge < -0.3 is 0 Å². The summed E-state index contributed by atoms with van der Waals surface area (Å²) in [5.41, 5.74) is 0.529. The molecule has 0 heterocycles. The van der Waals surface area contributed by atoms with Crippen LogP contribution in [0, 0.1) is 30.1 Å². The Morgan fingerprint density at radius 3 is 2.00 bits per heavy atom.